The number of rotatable bonds is 15. The van der Waals surface area contributed by atoms with Crippen LogP contribution in [0.5, 0.6) is 0 Å². The molecule has 29 heavy (non-hydrogen) atoms. The molecule has 0 amide bonds. The smallest absolute Gasteiger partial charge is 0.455 e. The zero-order valence-corrected chi connectivity index (χ0v) is 19.3. The maximum atomic E-state index is 11.7. The topological polar surface area (TPSA) is 90.9 Å². The predicted molar refractivity (Wildman–Crippen MR) is 107 cm³/mol. The van der Waals surface area contributed by atoms with Crippen LogP contribution in [0, 0.1) is 0 Å². The number of ether oxygens (including phenoxy) is 5. The summed E-state index contributed by atoms with van der Waals surface area (Å²) in [6.45, 7) is 12.2. The van der Waals surface area contributed by atoms with Gasteiger partial charge in [0.25, 0.3) is 5.97 Å². The van der Waals surface area contributed by atoms with E-state index in [1.165, 1.54) is 7.11 Å². The highest BCUT2D eigenvalue weighted by Gasteiger charge is 2.51. The van der Waals surface area contributed by atoms with Crippen LogP contribution < -0.4 is 0 Å². The van der Waals surface area contributed by atoms with Crippen molar-refractivity contribution in [1.82, 2.24) is 0 Å². The maximum absolute atomic E-state index is 11.7. The molecule has 1 fully saturated rings. The molecule has 1 saturated heterocycles. The summed E-state index contributed by atoms with van der Waals surface area (Å²) in [5.74, 6) is -1.68. The summed E-state index contributed by atoms with van der Waals surface area (Å²) in [4.78, 5) is 11.7. The van der Waals surface area contributed by atoms with Gasteiger partial charge in [-0.2, -0.15) is 0 Å². The Balaban J connectivity index is 2.76. The average molecular weight is 437 g/mol. The average Bonchev–Trinajstić information content (AvgIpc) is 2.76. The molecule has 0 saturated carbocycles. The first-order valence-electron chi connectivity index (χ1n) is 10.2. The Morgan fingerprint density at radius 2 is 1.86 bits per heavy atom. The quantitative estimate of drug-likeness (QED) is 0.166. The third-order valence-corrected chi connectivity index (χ3v) is 7.44. The molecule has 1 heterocycles. The van der Waals surface area contributed by atoms with E-state index < -0.39 is 32.8 Å². The highest BCUT2D eigenvalue weighted by atomic mass is 28.4. The fourth-order valence-corrected chi connectivity index (χ4v) is 5.16. The molecule has 0 radical (unpaired) electrons. The Morgan fingerprint density at radius 3 is 2.34 bits per heavy atom. The number of carbonyl (C=O) groups excluding carboxylic acids is 1. The van der Waals surface area contributed by atoms with E-state index in [1.807, 2.05) is 27.7 Å². The van der Waals surface area contributed by atoms with E-state index in [9.17, 15) is 4.79 Å². The van der Waals surface area contributed by atoms with Gasteiger partial charge in [-0.25, -0.2) is 4.79 Å². The molecule has 9 nitrogen and oxygen atoms in total. The number of carbonyl (C=O) groups is 1. The van der Waals surface area contributed by atoms with E-state index in [2.05, 4.69) is 6.58 Å². The molecule has 170 valence electrons. The molecule has 10 heteroatoms. The summed E-state index contributed by atoms with van der Waals surface area (Å²) >= 11 is 0. The van der Waals surface area contributed by atoms with Gasteiger partial charge in [-0.05, 0) is 26.2 Å². The molecular formula is C19H36O9Si. The third kappa shape index (κ3) is 7.72. The SMILES string of the molecule is C=CC(=O)OC(CC)[Si](OC)(OCC)OCOC(CC)OC1(CC)OCCCO1. The van der Waals surface area contributed by atoms with Crippen molar-refractivity contribution in [2.45, 2.75) is 71.4 Å². The van der Waals surface area contributed by atoms with E-state index >= 15 is 0 Å². The number of esters is 1. The molecule has 0 aromatic heterocycles. The lowest BCUT2D eigenvalue weighted by molar-refractivity contribution is -0.437. The zero-order chi connectivity index (χ0) is 21.8. The number of hydrogen-bond acceptors (Lipinski definition) is 9. The predicted octanol–water partition coefficient (Wildman–Crippen LogP) is 2.90. The van der Waals surface area contributed by atoms with Gasteiger partial charge in [-0.15, -0.1) is 0 Å². The van der Waals surface area contributed by atoms with Gasteiger partial charge in [0.1, 0.15) is 6.79 Å². The Morgan fingerprint density at radius 1 is 1.17 bits per heavy atom. The van der Waals surface area contributed by atoms with E-state index in [4.69, 9.17) is 37.0 Å². The van der Waals surface area contributed by atoms with Crippen molar-refractivity contribution < 1.29 is 41.8 Å². The number of hydrogen-bond donors (Lipinski definition) is 0. The molecule has 0 spiro atoms. The maximum Gasteiger partial charge on any atom is 0.545 e. The minimum atomic E-state index is -3.37. The van der Waals surface area contributed by atoms with Crippen molar-refractivity contribution in [3.63, 3.8) is 0 Å². The molecule has 0 N–H and O–H groups in total. The molecule has 1 aliphatic heterocycles. The fourth-order valence-electron chi connectivity index (χ4n) is 2.81. The van der Waals surface area contributed by atoms with Crippen molar-refractivity contribution in [2.24, 2.45) is 0 Å². The largest absolute Gasteiger partial charge is 0.545 e. The second kappa shape index (κ2) is 13.4. The van der Waals surface area contributed by atoms with Gasteiger partial charge in [0.05, 0.1) is 13.2 Å². The minimum Gasteiger partial charge on any atom is -0.455 e. The van der Waals surface area contributed by atoms with Crippen molar-refractivity contribution >= 4 is 14.8 Å². The highest BCUT2D eigenvalue weighted by molar-refractivity contribution is 6.62. The zero-order valence-electron chi connectivity index (χ0n) is 18.3. The van der Waals surface area contributed by atoms with Gasteiger partial charge < -0.3 is 32.2 Å². The molecular weight excluding hydrogens is 400 g/mol. The van der Waals surface area contributed by atoms with Gasteiger partial charge in [0, 0.05) is 26.2 Å². The fraction of sp³-hybridized carbons (Fsp3) is 0.842. The molecule has 0 aromatic rings. The van der Waals surface area contributed by atoms with Crippen molar-refractivity contribution in [2.75, 3.05) is 33.7 Å². The molecule has 3 unspecified atom stereocenters. The minimum absolute atomic E-state index is 0.166. The van der Waals surface area contributed by atoms with Gasteiger partial charge in [-0.1, -0.05) is 27.4 Å². The second-order valence-electron chi connectivity index (χ2n) is 6.25. The van der Waals surface area contributed by atoms with Crippen molar-refractivity contribution in [3.8, 4) is 0 Å². The lowest BCUT2D eigenvalue weighted by Gasteiger charge is -2.38. The Hall–Kier alpha value is -0.853. The third-order valence-electron chi connectivity index (χ3n) is 4.34. The molecule has 1 rings (SSSR count). The monoisotopic (exact) mass is 436 g/mol. The Kier molecular flexibility index (Phi) is 12.1. The van der Waals surface area contributed by atoms with Gasteiger partial charge in [0.15, 0.2) is 12.0 Å². The summed E-state index contributed by atoms with van der Waals surface area (Å²) in [7, 11) is -1.90. The second-order valence-corrected chi connectivity index (χ2v) is 9.09. The summed E-state index contributed by atoms with van der Waals surface area (Å²) < 4.78 is 45.8. The van der Waals surface area contributed by atoms with Crippen LogP contribution in [0.25, 0.3) is 0 Å². The molecule has 0 aliphatic carbocycles. The lowest BCUT2D eigenvalue weighted by Crippen LogP contribution is -2.57. The first-order valence-corrected chi connectivity index (χ1v) is 12.0. The Labute approximate surface area is 174 Å². The molecule has 0 bridgehead atoms. The van der Waals surface area contributed by atoms with E-state index in [-0.39, 0.29) is 6.79 Å². The van der Waals surface area contributed by atoms with Gasteiger partial charge >= 0.3 is 14.8 Å². The lowest BCUT2D eigenvalue weighted by atomic mass is 10.3. The van der Waals surface area contributed by atoms with Crippen LogP contribution in [0.15, 0.2) is 12.7 Å². The van der Waals surface area contributed by atoms with Crippen LogP contribution in [-0.2, 0) is 41.8 Å². The summed E-state index contributed by atoms with van der Waals surface area (Å²) in [5, 5.41) is 0. The highest BCUT2D eigenvalue weighted by Crippen LogP contribution is 2.27. The van der Waals surface area contributed by atoms with E-state index in [0.29, 0.717) is 39.1 Å². The summed E-state index contributed by atoms with van der Waals surface area (Å²) in [5.41, 5.74) is -0.686. The molecule has 0 aromatic carbocycles. The van der Waals surface area contributed by atoms with Gasteiger partial charge in [-0.3, -0.25) is 4.74 Å². The van der Waals surface area contributed by atoms with Crippen molar-refractivity contribution in [1.29, 1.82) is 0 Å². The van der Waals surface area contributed by atoms with Crippen LogP contribution in [0.1, 0.15) is 53.4 Å². The van der Waals surface area contributed by atoms with Crippen LogP contribution in [0.3, 0.4) is 0 Å². The molecule has 3 atom stereocenters. The standard InChI is InChI=1S/C19H36O9Si/c1-7-16(20)27-18(9-3)29(21-6,25-11-5)26-15-22-17(8-2)28-19(10-4)23-13-12-14-24-19/h7,17-18H,1,8-15H2,2-6H3. The van der Waals surface area contributed by atoms with Crippen molar-refractivity contribution in [3.05, 3.63) is 12.7 Å². The summed E-state index contributed by atoms with van der Waals surface area (Å²) in [6, 6.07) is 0. The van der Waals surface area contributed by atoms with Crippen LogP contribution in [0.2, 0.25) is 0 Å². The van der Waals surface area contributed by atoms with Crippen LogP contribution in [0.4, 0.5) is 0 Å². The van der Waals surface area contributed by atoms with E-state index in [1.54, 1.807) is 0 Å². The van der Waals surface area contributed by atoms with Gasteiger partial charge in [0.2, 0.25) is 0 Å². The molecule has 1 aliphatic rings. The van der Waals surface area contributed by atoms with Crippen LogP contribution >= 0.6 is 0 Å². The first-order chi connectivity index (χ1) is 13.9. The summed E-state index contributed by atoms with van der Waals surface area (Å²) in [6.07, 6.45) is 2.83. The van der Waals surface area contributed by atoms with Crippen LogP contribution in [-0.4, -0.2) is 66.5 Å². The van der Waals surface area contributed by atoms with E-state index in [0.717, 1.165) is 12.5 Å². The first kappa shape index (κ1) is 26.2. The normalized spacial score (nSPS) is 20.4. The Bertz CT molecular complexity index is 484.